The predicted octanol–water partition coefficient (Wildman–Crippen LogP) is 1.22. The van der Waals surface area contributed by atoms with Crippen LogP contribution in [-0.4, -0.2) is 67.6 Å². The molecular weight excluding hydrogens is 339 g/mol. The van der Waals surface area contributed by atoms with Gasteiger partial charge in [0.25, 0.3) is 0 Å². The van der Waals surface area contributed by atoms with Gasteiger partial charge in [0.15, 0.2) is 17.5 Å². The zero-order chi connectivity index (χ0) is 18.6. The molecule has 1 aromatic carbocycles. The lowest BCUT2D eigenvalue weighted by atomic mass is 10.2. The summed E-state index contributed by atoms with van der Waals surface area (Å²) in [4.78, 5) is 27.5. The van der Waals surface area contributed by atoms with Crippen LogP contribution in [0.2, 0.25) is 0 Å². The van der Waals surface area contributed by atoms with Crippen LogP contribution in [0.4, 0.5) is 18.9 Å². The van der Waals surface area contributed by atoms with E-state index < -0.39 is 35.1 Å². The zero-order valence-corrected chi connectivity index (χ0v) is 14.0. The summed E-state index contributed by atoms with van der Waals surface area (Å²) in [5, 5.41) is 2.20. The summed E-state index contributed by atoms with van der Waals surface area (Å²) < 4.78 is 44.9. The number of anilines is 1. The van der Waals surface area contributed by atoms with Crippen LogP contribution in [0.25, 0.3) is 0 Å². The molecule has 0 unspecified atom stereocenters. The fourth-order valence-electron chi connectivity index (χ4n) is 2.32. The number of rotatable bonds is 5. The van der Waals surface area contributed by atoms with Gasteiger partial charge in [-0.3, -0.25) is 14.5 Å². The van der Waals surface area contributed by atoms with Gasteiger partial charge >= 0.3 is 0 Å². The van der Waals surface area contributed by atoms with Crippen LogP contribution in [0.15, 0.2) is 12.1 Å². The molecule has 9 heteroatoms. The maximum absolute atomic E-state index is 13.6. The minimum atomic E-state index is -1.65. The molecule has 0 bridgehead atoms. The second-order valence-electron chi connectivity index (χ2n) is 5.80. The molecule has 1 aliphatic rings. The van der Waals surface area contributed by atoms with Crippen molar-refractivity contribution in [3.05, 3.63) is 29.6 Å². The van der Waals surface area contributed by atoms with Gasteiger partial charge in [-0.1, -0.05) is 0 Å². The standard InChI is InChI=1S/C16H20F3N3O3/c1-10(21(2)9-13(23)22-5-7-25-8-6-22)16(24)20-12-4-3-11(17)14(18)15(12)19/h3-4,10H,5-9H2,1-2H3,(H,20,24)/t10-/m1/s1. The van der Waals surface area contributed by atoms with Crippen molar-refractivity contribution >= 4 is 17.5 Å². The van der Waals surface area contributed by atoms with Gasteiger partial charge in [-0.25, -0.2) is 13.2 Å². The van der Waals surface area contributed by atoms with E-state index in [1.54, 1.807) is 11.9 Å². The van der Waals surface area contributed by atoms with Gasteiger partial charge in [0.1, 0.15) is 0 Å². The Hall–Kier alpha value is -2.13. The minimum absolute atomic E-state index is 0.00511. The predicted molar refractivity (Wildman–Crippen MR) is 84.4 cm³/mol. The molecule has 1 heterocycles. The van der Waals surface area contributed by atoms with Gasteiger partial charge < -0.3 is 15.0 Å². The van der Waals surface area contributed by atoms with Gasteiger partial charge in [-0.15, -0.1) is 0 Å². The second-order valence-corrected chi connectivity index (χ2v) is 5.80. The Morgan fingerprint density at radius 2 is 1.88 bits per heavy atom. The lowest BCUT2D eigenvalue weighted by Gasteiger charge is -2.30. The molecule has 1 fully saturated rings. The van der Waals surface area contributed by atoms with E-state index in [0.29, 0.717) is 26.3 Å². The summed E-state index contributed by atoms with van der Waals surface area (Å²) >= 11 is 0. The van der Waals surface area contributed by atoms with Crippen molar-refractivity contribution < 1.29 is 27.5 Å². The normalized spacial score (nSPS) is 16.0. The van der Waals surface area contributed by atoms with Crippen LogP contribution < -0.4 is 5.32 Å². The van der Waals surface area contributed by atoms with Crippen molar-refractivity contribution in [2.75, 3.05) is 45.2 Å². The Labute approximate surface area is 143 Å². The van der Waals surface area contributed by atoms with Crippen LogP contribution >= 0.6 is 0 Å². The average Bonchev–Trinajstić information content (AvgIpc) is 2.62. The number of carbonyl (C=O) groups is 2. The van der Waals surface area contributed by atoms with Gasteiger partial charge in [-0.2, -0.15) is 0 Å². The van der Waals surface area contributed by atoms with Crippen LogP contribution in [0, 0.1) is 17.5 Å². The first-order chi connectivity index (χ1) is 11.8. The number of benzene rings is 1. The van der Waals surface area contributed by atoms with Crippen LogP contribution in [-0.2, 0) is 14.3 Å². The first kappa shape index (κ1) is 19.2. The maximum Gasteiger partial charge on any atom is 0.241 e. The highest BCUT2D eigenvalue weighted by Crippen LogP contribution is 2.20. The summed E-state index contributed by atoms with van der Waals surface area (Å²) in [5.74, 6) is -5.24. The highest BCUT2D eigenvalue weighted by molar-refractivity contribution is 5.95. The molecule has 2 rings (SSSR count). The lowest BCUT2D eigenvalue weighted by molar-refractivity contribution is -0.137. The molecule has 0 aliphatic carbocycles. The quantitative estimate of drug-likeness (QED) is 0.803. The maximum atomic E-state index is 13.6. The molecule has 138 valence electrons. The molecule has 25 heavy (non-hydrogen) atoms. The lowest BCUT2D eigenvalue weighted by Crippen LogP contribution is -2.48. The van der Waals surface area contributed by atoms with E-state index in [1.807, 2.05) is 0 Å². The fraction of sp³-hybridized carbons (Fsp3) is 0.500. The molecule has 2 amide bonds. The summed E-state index contributed by atoms with van der Waals surface area (Å²) in [6.07, 6.45) is 0. The van der Waals surface area contributed by atoms with Gasteiger partial charge in [0.2, 0.25) is 11.8 Å². The van der Waals surface area contributed by atoms with E-state index in [9.17, 15) is 22.8 Å². The average molecular weight is 359 g/mol. The van der Waals surface area contributed by atoms with E-state index >= 15 is 0 Å². The largest absolute Gasteiger partial charge is 0.378 e. The van der Waals surface area contributed by atoms with Gasteiger partial charge in [-0.05, 0) is 26.1 Å². The summed E-state index contributed by atoms with van der Waals surface area (Å²) in [7, 11) is 1.57. The Bertz CT molecular complexity index is 651. The number of carbonyl (C=O) groups excluding carboxylic acids is 2. The molecule has 1 atom stereocenters. The summed E-state index contributed by atoms with van der Waals surface area (Å²) in [6.45, 7) is 3.46. The topological polar surface area (TPSA) is 61.9 Å². The Morgan fingerprint density at radius 3 is 2.52 bits per heavy atom. The highest BCUT2D eigenvalue weighted by Gasteiger charge is 2.25. The van der Waals surface area contributed by atoms with Crippen molar-refractivity contribution in [1.29, 1.82) is 0 Å². The molecule has 0 saturated carbocycles. The smallest absolute Gasteiger partial charge is 0.241 e. The van der Waals surface area contributed by atoms with Crippen molar-refractivity contribution in [2.24, 2.45) is 0 Å². The monoisotopic (exact) mass is 359 g/mol. The number of amides is 2. The van der Waals surface area contributed by atoms with Gasteiger partial charge in [0, 0.05) is 13.1 Å². The molecule has 1 N–H and O–H groups in total. The Kier molecular flexibility index (Phi) is 6.38. The third kappa shape index (κ3) is 4.70. The first-order valence-electron chi connectivity index (χ1n) is 7.81. The van der Waals surface area contributed by atoms with E-state index in [-0.39, 0.29) is 12.5 Å². The zero-order valence-electron chi connectivity index (χ0n) is 14.0. The number of hydrogen-bond acceptors (Lipinski definition) is 4. The molecule has 0 radical (unpaired) electrons. The van der Waals surface area contributed by atoms with E-state index in [1.165, 1.54) is 11.8 Å². The van der Waals surface area contributed by atoms with E-state index in [2.05, 4.69) is 5.32 Å². The SMILES string of the molecule is C[C@H](C(=O)Nc1ccc(F)c(F)c1F)N(C)CC(=O)N1CCOCC1. The minimum Gasteiger partial charge on any atom is -0.378 e. The molecule has 0 spiro atoms. The number of morpholine rings is 1. The second kappa shape index (κ2) is 8.30. The van der Waals surface area contributed by atoms with Crippen LogP contribution in [0.3, 0.4) is 0 Å². The molecule has 1 saturated heterocycles. The van der Waals surface area contributed by atoms with Crippen molar-refractivity contribution in [3.63, 3.8) is 0 Å². The van der Waals surface area contributed by atoms with Crippen molar-refractivity contribution in [3.8, 4) is 0 Å². The third-order valence-corrected chi connectivity index (χ3v) is 4.08. The number of likely N-dealkylation sites (N-methyl/N-ethyl adjacent to an activating group) is 1. The van der Waals surface area contributed by atoms with Crippen molar-refractivity contribution in [1.82, 2.24) is 9.80 Å². The number of hydrogen-bond donors (Lipinski definition) is 1. The van der Waals surface area contributed by atoms with Crippen LogP contribution in [0.5, 0.6) is 0 Å². The molecule has 1 aromatic rings. The first-order valence-corrected chi connectivity index (χ1v) is 7.81. The highest BCUT2D eigenvalue weighted by atomic mass is 19.2. The van der Waals surface area contributed by atoms with Gasteiger partial charge in [0.05, 0.1) is 31.5 Å². The van der Waals surface area contributed by atoms with E-state index in [4.69, 9.17) is 4.74 Å². The number of nitrogens with one attached hydrogen (secondary N) is 1. The molecule has 0 aromatic heterocycles. The summed E-state index contributed by atoms with van der Waals surface area (Å²) in [6, 6.07) is 0.888. The summed E-state index contributed by atoms with van der Waals surface area (Å²) in [5.41, 5.74) is -0.455. The third-order valence-electron chi connectivity index (χ3n) is 4.08. The molecule has 6 nitrogen and oxygen atoms in total. The molecular formula is C16H20F3N3O3. The Balaban J connectivity index is 1.94. The van der Waals surface area contributed by atoms with E-state index in [0.717, 1.165) is 12.1 Å². The van der Waals surface area contributed by atoms with Crippen LogP contribution in [0.1, 0.15) is 6.92 Å². The number of halogens is 3. The van der Waals surface area contributed by atoms with Crippen molar-refractivity contribution in [2.45, 2.75) is 13.0 Å². The molecule has 1 aliphatic heterocycles. The Morgan fingerprint density at radius 1 is 1.24 bits per heavy atom. The number of nitrogens with zero attached hydrogens (tertiary/aromatic N) is 2. The fourth-order valence-corrected chi connectivity index (χ4v) is 2.32. The number of ether oxygens (including phenoxy) is 1.